The molecule has 0 aliphatic heterocycles. The Bertz CT molecular complexity index is 362. The van der Waals surface area contributed by atoms with E-state index in [4.69, 9.17) is 0 Å². The number of hydrogen-bond acceptors (Lipinski definition) is 2. The van der Waals surface area contributed by atoms with E-state index in [-0.39, 0.29) is 5.56 Å². The third-order valence-electron chi connectivity index (χ3n) is 1.92. The SMILES string of the molecule is CN(C=O)c1ccc(C(=O)C(F)F)cc1. The van der Waals surface area contributed by atoms with Crippen LogP contribution in [-0.2, 0) is 4.79 Å². The Morgan fingerprint density at radius 2 is 1.87 bits per heavy atom. The van der Waals surface area contributed by atoms with Gasteiger partial charge in [-0.3, -0.25) is 9.59 Å². The van der Waals surface area contributed by atoms with Crippen molar-refractivity contribution in [1.82, 2.24) is 0 Å². The first-order valence-corrected chi connectivity index (χ1v) is 4.17. The molecule has 0 bridgehead atoms. The highest BCUT2D eigenvalue weighted by Gasteiger charge is 2.17. The fraction of sp³-hybridized carbons (Fsp3) is 0.200. The fourth-order valence-electron chi connectivity index (χ4n) is 1.05. The topological polar surface area (TPSA) is 37.4 Å². The molecule has 1 rings (SSSR count). The first kappa shape index (κ1) is 11.3. The van der Waals surface area contributed by atoms with Gasteiger partial charge in [-0.05, 0) is 24.3 Å². The van der Waals surface area contributed by atoms with E-state index in [9.17, 15) is 18.4 Å². The van der Waals surface area contributed by atoms with Gasteiger partial charge in [-0.15, -0.1) is 0 Å². The number of Topliss-reactive ketones (excluding diaryl/α,β-unsaturated/α-hetero) is 1. The molecule has 0 aliphatic rings. The molecule has 0 spiro atoms. The van der Waals surface area contributed by atoms with Crippen LogP contribution >= 0.6 is 0 Å². The highest BCUT2D eigenvalue weighted by Crippen LogP contribution is 2.14. The lowest BCUT2D eigenvalue weighted by molar-refractivity contribution is -0.107. The molecule has 5 heteroatoms. The van der Waals surface area contributed by atoms with Crippen molar-refractivity contribution in [3.8, 4) is 0 Å². The molecule has 0 aliphatic carbocycles. The van der Waals surface area contributed by atoms with E-state index in [0.29, 0.717) is 12.1 Å². The second kappa shape index (κ2) is 4.63. The van der Waals surface area contributed by atoms with Crippen LogP contribution in [0.1, 0.15) is 10.4 Å². The Morgan fingerprint density at radius 3 is 2.27 bits per heavy atom. The van der Waals surface area contributed by atoms with E-state index in [0.717, 1.165) is 0 Å². The predicted molar refractivity (Wildman–Crippen MR) is 51.2 cm³/mol. The van der Waals surface area contributed by atoms with Gasteiger partial charge in [0, 0.05) is 18.3 Å². The number of rotatable bonds is 4. The maximum Gasteiger partial charge on any atom is 0.300 e. The summed E-state index contributed by atoms with van der Waals surface area (Å²) in [5.74, 6) is -1.21. The molecule has 0 aromatic heterocycles. The fourth-order valence-corrected chi connectivity index (χ4v) is 1.05. The summed E-state index contributed by atoms with van der Waals surface area (Å²) >= 11 is 0. The maximum absolute atomic E-state index is 12.0. The highest BCUT2D eigenvalue weighted by atomic mass is 19.3. The van der Waals surface area contributed by atoms with Crippen molar-refractivity contribution in [2.45, 2.75) is 6.43 Å². The highest BCUT2D eigenvalue weighted by molar-refractivity contribution is 5.98. The molecule has 0 N–H and O–H groups in total. The normalized spacial score (nSPS) is 10.1. The number of benzene rings is 1. The smallest absolute Gasteiger partial charge is 0.300 e. The minimum atomic E-state index is -3.00. The quantitative estimate of drug-likeness (QED) is 0.564. The van der Waals surface area contributed by atoms with Crippen LogP contribution < -0.4 is 4.90 Å². The van der Waals surface area contributed by atoms with Crippen LogP contribution in [-0.4, -0.2) is 25.7 Å². The number of halogens is 2. The van der Waals surface area contributed by atoms with Gasteiger partial charge in [0.15, 0.2) is 0 Å². The first-order valence-electron chi connectivity index (χ1n) is 4.17. The van der Waals surface area contributed by atoms with Crippen LogP contribution in [0.25, 0.3) is 0 Å². The van der Waals surface area contributed by atoms with E-state index < -0.39 is 12.2 Å². The molecule has 15 heavy (non-hydrogen) atoms. The van der Waals surface area contributed by atoms with Gasteiger partial charge in [-0.1, -0.05) is 0 Å². The molecule has 0 radical (unpaired) electrons. The summed E-state index contributed by atoms with van der Waals surface area (Å²) in [5.41, 5.74) is 0.476. The lowest BCUT2D eigenvalue weighted by Crippen LogP contribution is -2.14. The van der Waals surface area contributed by atoms with Gasteiger partial charge < -0.3 is 4.90 Å². The van der Waals surface area contributed by atoms with Crippen molar-refractivity contribution in [2.75, 3.05) is 11.9 Å². The van der Waals surface area contributed by atoms with Gasteiger partial charge in [-0.2, -0.15) is 0 Å². The summed E-state index contributed by atoms with van der Waals surface area (Å²) < 4.78 is 24.0. The number of carbonyl (C=O) groups is 2. The molecule has 1 aromatic rings. The molecule has 1 amide bonds. The number of nitrogens with zero attached hydrogens (tertiary/aromatic N) is 1. The van der Waals surface area contributed by atoms with Crippen LogP contribution in [0.4, 0.5) is 14.5 Å². The van der Waals surface area contributed by atoms with Crippen molar-refractivity contribution in [2.24, 2.45) is 0 Å². The Hall–Kier alpha value is -1.78. The summed E-state index contributed by atoms with van der Waals surface area (Å²) in [6, 6.07) is 5.40. The zero-order valence-corrected chi connectivity index (χ0v) is 7.98. The van der Waals surface area contributed by atoms with E-state index in [1.54, 1.807) is 0 Å². The van der Waals surface area contributed by atoms with Crippen LogP contribution in [0.15, 0.2) is 24.3 Å². The lowest BCUT2D eigenvalue weighted by atomic mass is 10.1. The molecule has 0 fully saturated rings. The molecule has 0 saturated heterocycles. The zero-order chi connectivity index (χ0) is 11.4. The molecule has 1 aromatic carbocycles. The van der Waals surface area contributed by atoms with E-state index >= 15 is 0 Å². The second-order valence-corrected chi connectivity index (χ2v) is 2.93. The number of anilines is 1. The van der Waals surface area contributed by atoms with Crippen LogP contribution in [0.5, 0.6) is 0 Å². The zero-order valence-electron chi connectivity index (χ0n) is 7.98. The molecule has 0 atom stereocenters. The lowest BCUT2D eigenvalue weighted by Gasteiger charge is -2.10. The predicted octanol–water partition coefficient (Wildman–Crippen LogP) is 1.73. The number of carbonyl (C=O) groups excluding carboxylic acids is 2. The van der Waals surface area contributed by atoms with Crippen LogP contribution in [0.3, 0.4) is 0 Å². The second-order valence-electron chi connectivity index (χ2n) is 2.93. The Kier molecular flexibility index (Phi) is 3.49. The van der Waals surface area contributed by atoms with Crippen molar-refractivity contribution >= 4 is 17.9 Å². The number of amides is 1. The standard InChI is InChI=1S/C10H9F2NO2/c1-13(6-14)8-4-2-7(3-5-8)9(15)10(11)12/h2-6,10H,1H3. The Morgan fingerprint density at radius 1 is 1.33 bits per heavy atom. The van der Waals surface area contributed by atoms with E-state index in [1.807, 2.05) is 0 Å². The van der Waals surface area contributed by atoms with Gasteiger partial charge in [0.1, 0.15) is 0 Å². The molecular formula is C10H9F2NO2. The van der Waals surface area contributed by atoms with E-state index in [2.05, 4.69) is 0 Å². The van der Waals surface area contributed by atoms with Gasteiger partial charge >= 0.3 is 6.43 Å². The summed E-state index contributed by atoms with van der Waals surface area (Å²) in [6.45, 7) is 0. The molecule has 0 heterocycles. The van der Waals surface area contributed by atoms with Crippen molar-refractivity contribution < 1.29 is 18.4 Å². The van der Waals surface area contributed by atoms with Crippen molar-refractivity contribution in [1.29, 1.82) is 0 Å². The largest absolute Gasteiger partial charge is 0.318 e. The monoisotopic (exact) mass is 213 g/mol. The molecular weight excluding hydrogens is 204 g/mol. The molecule has 0 saturated carbocycles. The third-order valence-corrected chi connectivity index (χ3v) is 1.92. The summed E-state index contributed by atoms with van der Waals surface area (Å²) in [5, 5.41) is 0. The van der Waals surface area contributed by atoms with Gasteiger partial charge in [-0.25, -0.2) is 8.78 Å². The third kappa shape index (κ3) is 2.59. The van der Waals surface area contributed by atoms with Crippen LogP contribution in [0, 0.1) is 0 Å². The number of ketones is 1. The maximum atomic E-state index is 12.0. The average molecular weight is 213 g/mol. The average Bonchev–Trinajstić information content (AvgIpc) is 2.27. The molecule has 3 nitrogen and oxygen atoms in total. The summed E-state index contributed by atoms with van der Waals surface area (Å²) in [4.78, 5) is 22.5. The summed E-state index contributed by atoms with van der Waals surface area (Å²) in [7, 11) is 1.52. The van der Waals surface area contributed by atoms with Gasteiger partial charge in [0.25, 0.3) is 0 Å². The van der Waals surface area contributed by atoms with Gasteiger partial charge in [0.2, 0.25) is 12.2 Å². The Balaban J connectivity index is 2.90. The van der Waals surface area contributed by atoms with E-state index in [1.165, 1.54) is 36.2 Å². The summed E-state index contributed by atoms with van der Waals surface area (Å²) in [6.07, 6.45) is -2.41. The Labute approximate surface area is 85.3 Å². The minimum absolute atomic E-state index is 0.0620. The van der Waals surface area contributed by atoms with Gasteiger partial charge in [0.05, 0.1) is 0 Å². The minimum Gasteiger partial charge on any atom is -0.318 e. The van der Waals surface area contributed by atoms with Crippen LogP contribution in [0.2, 0.25) is 0 Å². The van der Waals surface area contributed by atoms with Crippen molar-refractivity contribution in [3.05, 3.63) is 29.8 Å². The van der Waals surface area contributed by atoms with Crippen molar-refractivity contribution in [3.63, 3.8) is 0 Å². The number of alkyl halides is 2. The first-order chi connectivity index (χ1) is 7.06. The molecule has 0 unspecified atom stereocenters. The molecule has 80 valence electrons. The number of hydrogen-bond donors (Lipinski definition) is 0.